The predicted molar refractivity (Wildman–Crippen MR) is 121 cm³/mol. The van der Waals surface area contributed by atoms with Gasteiger partial charge in [0.15, 0.2) is 0 Å². The lowest BCUT2D eigenvalue weighted by Crippen LogP contribution is -2.35. The Bertz CT molecular complexity index is 1210. The zero-order valence-corrected chi connectivity index (χ0v) is 18.4. The van der Waals surface area contributed by atoms with E-state index in [9.17, 15) is 4.79 Å². The molecule has 2 aromatic carbocycles. The number of carbonyl (C=O) groups is 1. The fraction of sp³-hybridized carbons (Fsp3) is 0.261. The molecule has 5 nitrogen and oxygen atoms in total. The fourth-order valence-corrected chi connectivity index (χ4v) is 5.39. The van der Waals surface area contributed by atoms with Crippen molar-refractivity contribution in [3.63, 3.8) is 0 Å². The van der Waals surface area contributed by atoms with Crippen LogP contribution in [0.3, 0.4) is 0 Å². The molecule has 5 rings (SSSR count). The molecule has 0 radical (unpaired) electrons. The van der Waals surface area contributed by atoms with Gasteiger partial charge in [0.05, 0.1) is 39.4 Å². The van der Waals surface area contributed by atoms with E-state index in [1.165, 1.54) is 15.8 Å². The third kappa shape index (κ3) is 3.82. The van der Waals surface area contributed by atoms with Crippen LogP contribution in [0.4, 0.5) is 0 Å². The molecular formula is C23H21N3O2S2. The van der Waals surface area contributed by atoms with E-state index in [2.05, 4.69) is 35.4 Å². The highest BCUT2D eigenvalue weighted by Crippen LogP contribution is 2.42. The second kappa shape index (κ2) is 7.81. The van der Waals surface area contributed by atoms with Gasteiger partial charge in [0.2, 0.25) is 5.91 Å². The van der Waals surface area contributed by atoms with Gasteiger partial charge < -0.3 is 10.1 Å². The molecule has 1 aliphatic heterocycles. The minimum absolute atomic E-state index is 0.0255. The van der Waals surface area contributed by atoms with Gasteiger partial charge in [-0.15, -0.1) is 22.7 Å². The molecule has 0 bridgehead atoms. The van der Waals surface area contributed by atoms with Crippen molar-refractivity contribution in [2.24, 2.45) is 0 Å². The average Bonchev–Trinajstić information content (AvgIpc) is 3.43. The van der Waals surface area contributed by atoms with Gasteiger partial charge in [-0.3, -0.25) is 4.79 Å². The lowest BCUT2D eigenvalue weighted by atomic mass is 10.0. The highest BCUT2D eigenvalue weighted by Gasteiger charge is 2.28. The van der Waals surface area contributed by atoms with E-state index in [1.807, 2.05) is 30.5 Å². The number of benzene rings is 2. The average molecular weight is 436 g/mol. The van der Waals surface area contributed by atoms with E-state index in [0.717, 1.165) is 39.0 Å². The number of nitrogens with one attached hydrogen (secondary N) is 1. The van der Waals surface area contributed by atoms with E-state index in [4.69, 9.17) is 9.72 Å². The molecule has 4 aromatic rings. The minimum Gasteiger partial charge on any atom is -0.487 e. The number of para-hydroxylation sites is 1. The van der Waals surface area contributed by atoms with Crippen molar-refractivity contribution < 1.29 is 9.53 Å². The Hall–Kier alpha value is -2.77. The number of aryl methyl sites for hydroxylation is 2. The molecule has 0 saturated carbocycles. The van der Waals surface area contributed by atoms with Crippen LogP contribution in [0.25, 0.3) is 20.8 Å². The molecule has 1 atom stereocenters. The number of ether oxygens (including phenoxy) is 1. The Labute approximate surface area is 182 Å². The molecule has 0 fully saturated rings. The second-order valence-electron chi connectivity index (χ2n) is 7.57. The standard InChI is InChI=1S/C23H21N3O2S2/c1-13-7-15-9-17(11-24-21(27)10-16-12-29-14(2)25-16)28-22(15)18(8-13)23-26-19-5-3-4-6-20(19)30-23/h3-8,12,17H,9-11H2,1-2H3,(H,24,27). The zero-order chi connectivity index (χ0) is 20.7. The molecule has 2 aromatic heterocycles. The van der Waals surface area contributed by atoms with Crippen LogP contribution < -0.4 is 10.1 Å². The fourth-order valence-electron chi connectivity index (χ4n) is 3.80. The number of thiazole rings is 2. The smallest absolute Gasteiger partial charge is 0.226 e. The monoisotopic (exact) mass is 435 g/mol. The van der Waals surface area contributed by atoms with Crippen LogP contribution in [-0.2, 0) is 17.6 Å². The maximum atomic E-state index is 12.3. The first kappa shape index (κ1) is 19.2. The summed E-state index contributed by atoms with van der Waals surface area (Å²) in [7, 11) is 0. The number of nitrogens with zero attached hydrogens (tertiary/aromatic N) is 2. The molecular weight excluding hydrogens is 414 g/mol. The van der Waals surface area contributed by atoms with Crippen LogP contribution in [0.15, 0.2) is 41.8 Å². The summed E-state index contributed by atoms with van der Waals surface area (Å²) in [6, 6.07) is 12.5. The van der Waals surface area contributed by atoms with Gasteiger partial charge in [-0.25, -0.2) is 9.97 Å². The number of hydrogen-bond acceptors (Lipinski definition) is 6. The molecule has 0 spiro atoms. The topological polar surface area (TPSA) is 64.1 Å². The zero-order valence-electron chi connectivity index (χ0n) is 16.8. The Kier molecular flexibility index (Phi) is 5.00. The van der Waals surface area contributed by atoms with Gasteiger partial charge in [-0.05, 0) is 43.2 Å². The molecule has 0 aliphatic carbocycles. The highest BCUT2D eigenvalue weighted by atomic mass is 32.1. The summed E-state index contributed by atoms with van der Waals surface area (Å²) in [6.07, 6.45) is 1.02. The maximum Gasteiger partial charge on any atom is 0.226 e. The Morgan fingerprint density at radius 1 is 1.23 bits per heavy atom. The summed E-state index contributed by atoms with van der Waals surface area (Å²) in [5, 5.41) is 6.88. The van der Waals surface area contributed by atoms with Crippen molar-refractivity contribution in [2.75, 3.05) is 6.54 Å². The minimum atomic E-state index is -0.0731. The summed E-state index contributed by atoms with van der Waals surface area (Å²) in [4.78, 5) is 21.5. The van der Waals surface area contributed by atoms with E-state index in [0.29, 0.717) is 13.0 Å². The van der Waals surface area contributed by atoms with E-state index >= 15 is 0 Å². The third-order valence-corrected chi connectivity index (χ3v) is 6.99. The van der Waals surface area contributed by atoms with Crippen molar-refractivity contribution in [1.29, 1.82) is 0 Å². The van der Waals surface area contributed by atoms with Crippen molar-refractivity contribution in [2.45, 2.75) is 32.8 Å². The van der Waals surface area contributed by atoms with Crippen LogP contribution >= 0.6 is 22.7 Å². The number of carbonyl (C=O) groups excluding carboxylic acids is 1. The first-order valence-corrected chi connectivity index (χ1v) is 11.6. The summed E-state index contributed by atoms with van der Waals surface area (Å²) >= 11 is 3.24. The molecule has 152 valence electrons. The summed E-state index contributed by atoms with van der Waals surface area (Å²) in [5.74, 6) is 0.872. The molecule has 3 heterocycles. The molecule has 7 heteroatoms. The summed E-state index contributed by atoms with van der Waals surface area (Å²) in [5.41, 5.74) is 5.23. The summed E-state index contributed by atoms with van der Waals surface area (Å²) < 4.78 is 7.45. The Morgan fingerprint density at radius 2 is 2.10 bits per heavy atom. The number of rotatable bonds is 5. The first-order valence-electron chi connectivity index (χ1n) is 9.89. The third-order valence-electron chi connectivity index (χ3n) is 5.10. The van der Waals surface area contributed by atoms with E-state index < -0.39 is 0 Å². The maximum absolute atomic E-state index is 12.3. The summed E-state index contributed by atoms with van der Waals surface area (Å²) in [6.45, 7) is 4.53. The van der Waals surface area contributed by atoms with Gasteiger partial charge >= 0.3 is 0 Å². The van der Waals surface area contributed by atoms with Gasteiger partial charge in [-0.1, -0.05) is 18.2 Å². The number of amides is 1. The molecule has 30 heavy (non-hydrogen) atoms. The molecule has 1 amide bonds. The van der Waals surface area contributed by atoms with Crippen molar-refractivity contribution in [3.05, 3.63) is 63.6 Å². The van der Waals surface area contributed by atoms with Gasteiger partial charge in [-0.2, -0.15) is 0 Å². The lowest BCUT2D eigenvalue weighted by Gasteiger charge is -2.13. The van der Waals surface area contributed by atoms with Crippen molar-refractivity contribution in [1.82, 2.24) is 15.3 Å². The van der Waals surface area contributed by atoms with Crippen molar-refractivity contribution in [3.8, 4) is 16.3 Å². The molecule has 1 aliphatic rings. The number of fused-ring (bicyclic) bond motifs is 2. The highest BCUT2D eigenvalue weighted by molar-refractivity contribution is 7.21. The van der Waals surface area contributed by atoms with Crippen LogP contribution in [-0.4, -0.2) is 28.5 Å². The predicted octanol–water partition coefficient (Wildman–Crippen LogP) is 4.70. The van der Waals surface area contributed by atoms with Gasteiger partial charge in [0.25, 0.3) is 0 Å². The van der Waals surface area contributed by atoms with Gasteiger partial charge in [0.1, 0.15) is 16.9 Å². The largest absolute Gasteiger partial charge is 0.487 e. The lowest BCUT2D eigenvalue weighted by molar-refractivity contribution is -0.120. The Morgan fingerprint density at radius 3 is 2.90 bits per heavy atom. The number of aromatic nitrogens is 2. The van der Waals surface area contributed by atoms with Gasteiger partial charge in [0, 0.05) is 11.8 Å². The molecule has 1 N–H and O–H groups in total. The SMILES string of the molecule is Cc1cc2c(c(-c3nc4ccccc4s3)c1)OC(CNC(=O)Cc1csc(C)n1)C2. The van der Waals surface area contributed by atoms with Crippen molar-refractivity contribution >= 4 is 38.8 Å². The second-order valence-corrected chi connectivity index (χ2v) is 9.66. The Balaban J connectivity index is 1.31. The van der Waals surface area contributed by atoms with E-state index in [-0.39, 0.29) is 12.0 Å². The van der Waals surface area contributed by atoms with E-state index in [1.54, 1.807) is 22.7 Å². The van der Waals surface area contributed by atoms with Crippen LogP contribution in [0, 0.1) is 13.8 Å². The van der Waals surface area contributed by atoms with Crippen LogP contribution in [0.5, 0.6) is 5.75 Å². The van der Waals surface area contributed by atoms with Crippen LogP contribution in [0.2, 0.25) is 0 Å². The first-order chi connectivity index (χ1) is 14.5. The quantitative estimate of drug-likeness (QED) is 0.494. The normalized spacial score (nSPS) is 15.2. The number of hydrogen-bond donors (Lipinski definition) is 1. The molecule has 1 unspecified atom stereocenters. The molecule has 0 saturated heterocycles. The van der Waals surface area contributed by atoms with Crippen LogP contribution in [0.1, 0.15) is 21.8 Å².